The number of nitrogens with one attached hydrogen (secondary N) is 1. The fourth-order valence-corrected chi connectivity index (χ4v) is 1.12. The average Bonchev–Trinajstić information content (AvgIpc) is 2.92. The fraction of sp³-hybridized carbons (Fsp3) is 0.556. The lowest BCUT2D eigenvalue weighted by Crippen LogP contribution is -2.17. The summed E-state index contributed by atoms with van der Waals surface area (Å²) in [5.41, 5.74) is -0.775. The van der Waals surface area contributed by atoms with Crippen molar-refractivity contribution in [3.8, 4) is 5.88 Å². The smallest absolute Gasteiger partial charge is 0.291 e. The van der Waals surface area contributed by atoms with E-state index >= 15 is 0 Å². The molecule has 0 atom stereocenters. The standard InChI is InChI=1S/C9H11FN2O2/c1-5-11-8(13)7(10)9(12-5)14-4-6-2-3-6/h6H,2-4H2,1H3,(H,11,12,13). The predicted octanol–water partition coefficient (Wildman–Crippen LogP) is 1.01. The van der Waals surface area contributed by atoms with Crippen LogP contribution in [0.2, 0.25) is 0 Å². The summed E-state index contributed by atoms with van der Waals surface area (Å²) < 4.78 is 18.2. The third kappa shape index (κ3) is 1.92. The number of aromatic amines is 1. The third-order valence-electron chi connectivity index (χ3n) is 2.10. The van der Waals surface area contributed by atoms with Gasteiger partial charge in [-0.05, 0) is 25.7 Å². The molecule has 0 aromatic carbocycles. The Hall–Kier alpha value is -1.39. The zero-order valence-corrected chi connectivity index (χ0v) is 7.84. The molecule has 1 aromatic rings. The summed E-state index contributed by atoms with van der Waals surface area (Å²) in [5, 5.41) is 0. The van der Waals surface area contributed by atoms with Crippen LogP contribution in [0.3, 0.4) is 0 Å². The van der Waals surface area contributed by atoms with Crippen LogP contribution in [0.1, 0.15) is 18.7 Å². The van der Waals surface area contributed by atoms with Crippen LogP contribution in [0.25, 0.3) is 0 Å². The fourth-order valence-electron chi connectivity index (χ4n) is 1.12. The molecule has 1 N–H and O–H groups in total. The molecule has 1 fully saturated rings. The van der Waals surface area contributed by atoms with Gasteiger partial charge in [0, 0.05) is 0 Å². The quantitative estimate of drug-likeness (QED) is 0.788. The number of aryl methyl sites for hydroxylation is 1. The van der Waals surface area contributed by atoms with Gasteiger partial charge in [-0.2, -0.15) is 9.37 Å². The van der Waals surface area contributed by atoms with E-state index in [1.807, 2.05) is 0 Å². The summed E-state index contributed by atoms with van der Waals surface area (Å²) >= 11 is 0. The lowest BCUT2D eigenvalue weighted by atomic mass is 10.4. The molecule has 0 saturated heterocycles. The molecule has 0 amide bonds. The monoisotopic (exact) mass is 198 g/mol. The normalized spacial score (nSPS) is 15.6. The minimum Gasteiger partial charge on any atom is -0.475 e. The van der Waals surface area contributed by atoms with Crippen molar-refractivity contribution in [3.63, 3.8) is 0 Å². The highest BCUT2D eigenvalue weighted by molar-refractivity contribution is 5.11. The van der Waals surface area contributed by atoms with Gasteiger partial charge in [-0.3, -0.25) is 4.79 Å². The Labute approximate surface area is 80.1 Å². The highest BCUT2D eigenvalue weighted by Gasteiger charge is 2.23. The molecule has 1 aliphatic rings. The zero-order valence-electron chi connectivity index (χ0n) is 7.84. The maximum atomic E-state index is 13.1. The highest BCUT2D eigenvalue weighted by Crippen LogP contribution is 2.29. The second-order valence-corrected chi connectivity index (χ2v) is 3.52. The summed E-state index contributed by atoms with van der Waals surface area (Å²) in [5.74, 6) is -0.243. The van der Waals surface area contributed by atoms with Crippen LogP contribution >= 0.6 is 0 Å². The molecule has 0 unspecified atom stereocenters. The summed E-state index contributed by atoms with van der Waals surface area (Å²) in [4.78, 5) is 17.0. The van der Waals surface area contributed by atoms with Gasteiger partial charge in [0.2, 0.25) is 5.82 Å². The Morgan fingerprint density at radius 2 is 2.36 bits per heavy atom. The van der Waals surface area contributed by atoms with Crippen molar-refractivity contribution in [2.24, 2.45) is 5.92 Å². The van der Waals surface area contributed by atoms with Crippen molar-refractivity contribution >= 4 is 0 Å². The van der Waals surface area contributed by atoms with Gasteiger partial charge in [-0.15, -0.1) is 0 Å². The van der Waals surface area contributed by atoms with Gasteiger partial charge in [0.15, 0.2) is 0 Å². The van der Waals surface area contributed by atoms with E-state index in [9.17, 15) is 9.18 Å². The number of rotatable bonds is 3. The van der Waals surface area contributed by atoms with Crippen molar-refractivity contribution in [2.75, 3.05) is 6.61 Å². The molecule has 14 heavy (non-hydrogen) atoms. The first-order valence-corrected chi connectivity index (χ1v) is 4.56. The van der Waals surface area contributed by atoms with Crippen LogP contribution in [0.15, 0.2) is 4.79 Å². The molecule has 2 rings (SSSR count). The van der Waals surface area contributed by atoms with E-state index in [1.54, 1.807) is 6.92 Å². The van der Waals surface area contributed by atoms with Crippen molar-refractivity contribution < 1.29 is 9.13 Å². The van der Waals surface area contributed by atoms with E-state index in [2.05, 4.69) is 9.97 Å². The predicted molar refractivity (Wildman–Crippen MR) is 47.8 cm³/mol. The Morgan fingerprint density at radius 1 is 1.64 bits per heavy atom. The number of ether oxygens (including phenoxy) is 1. The summed E-state index contributed by atoms with van der Waals surface area (Å²) in [6.07, 6.45) is 2.23. The van der Waals surface area contributed by atoms with Crippen LogP contribution in [0, 0.1) is 18.7 Å². The van der Waals surface area contributed by atoms with Gasteiger partial charge in [0.1, 0.15) is 5.82 Å². The lowest BCUT2D eigenvalue weighted by molar-refractivity contribution is 0.270. The summed E-state index contributed by atoms with van der Waals surface area (Å²) in [6.45, 7) is 2.04. The molecule has 76 valence electrons. The molecule has 1 aliphatic carbocycles. The molecule has 0 spiro atoms. The van der Waals surface area contributed by atoms with Crippen molar-refractivity contribution in [1.29, 1.82) is 0 Å². The number of nitrogens with zero attached hydrogens (tertiary/aromatic N) is 1. The van der Waals surface area contributed by atoms with Crippen molar-refractivity contribution in [1.82, 2.24) is 9.97 Å². The lowest BCUT2D eigenvalue weighted by Gasteiger charge is -2.04. The Kier molecular flexibility index (Phi) is 2.23. The third-order valence-corrected chi connectivity index (χ3v) is 2.10. The van der Waals surface area contributed by atoms with Crippen molar-refractivity contribution in [3.05, 3.63) is 22.0 Å². The van der Waals surface area contributed by atoms with Gasteiger partial charge in [0.05, 0.1) is 6.61 Å². The second-order valence-electron chi connectivity index (χ2n) is 3.52. The first kappa shape index (κ1) is 9.18. The van der Waals surface area contributed by atoms with Crippen molar-refractivity contribution in [2.45, 2.75) is 19.8 Å². The molecule has 1 aromatic heterocycles. The van der Waals surface area contributed by atoms with Crippen LogP contribution in [-0.2, 0) is 0 Å². The topological polar surface area (TPSA) is 55.0 Å². The molecule has 0 bridgehead atoms. The Balaban J connectivity index is 2.17. The number of halogens is 1. The second kappa shape index (κ2) is 3.40. The van der Waals surface area contributed by atoms with E-state index in [-0.39, 0.29) is 5.88 Å². The molecule has 5 heteroatoms. The van der Waals surface area contributed by atoms with Gasteiger partial charge in [-0.25, -0.2) is 0 Å². The van der Waals surface area contributed by atoms with E-state index in [4.69, 9.17) is 4.74 Å². The van der Waals surface area contributed by atoms with E-state index < -0.39 is 11.4 Å². The van der Waals surface area contributed by atoms with Crippen LogP contribution < -0.4 is 10.3 Å². The number of hydrogen-bond acceptors (Lipinski definition) is 3. The average molecular weight is 198 g/mol. The zero-order chi connectivity index (χ0) is 10.1. The molecular weight excluding hydrogens is 187 g/mol. The number of H-pyrrole nitrogens is 1. The molecule has 1 heterocycles. The minimum absolute atomic E-state index is 0.182. The summed E-state index contributed by atoms with van der Waals surface area (Å²) in [7, 11) is 0. The molecule has 0 aliphatic heterocycles. The SMILES string of the molecule is Cc1nc(OCC2CC2)c(F)c(=O)[nH]1. The Morgan fingerprint density at radius 3 is 3.00 bits per heavy atom. The maximum absolute atomic E-state index is 13.1. The highest BCUT2D eigenvalue weighted by atomic mass is 19.1. The Bertz CT molecular complexity index is 398. The van der Waals surface area contributed by atoms with Gasteiger partial charge in [-0.1, -0.05) is 0 Å². The van der Waals surface area contributed by atoms with Gasteiger partial charge < -0.3 is 9.72 Å². The molecule has 1 saturated carbocycles. The minimum atomic E-state index is -0.934. The first-order chi connectivity index (χ1) is 6.66. The number of aromatic nitrogens is 2. The largest absolute Gasteiger partial charge is 0.475 e. The molecule has 0 radical (unpaired) electrons. The first-order valence-electron chi connectivity index (χ1n) is 4.56. The van der Waals surface area contributed by atoms with E-state index in [0.29, 0.717) is 18.3 Å². The molecular formula is C9H11FN2O2. The maximum Gasteiger partial charge on any atom is 0.291 e. The summed E-state index contributed by atoms with van der Waals surface area (Å²) in [6, 6.07) is 0. The van der Waals surface area contributed by atoms with E-state index in [0.717, 1.165) is 12.8 Å². The van der Waals surface area contributed by atoms with Crippen LogP contribution in [-0.4, -0.2) is 16.6 Å². The number of hydrogen-bond donors (Lipinski definition) is 1. The van der Waals surface area contributed by atoms with Crippen LogP contribution in [0.5, 0.6) is 5.88 Å². The van der Waals surface area contributed by atoms with Gasteiger partial charge >= 0.3 is 0 Å². The molecule has 4 nitrogen and oxygen atoms in total. The van der Waals surface area contributed by atoms with E-state index in [1.165, 1.54) is 0 Å². The van der Waals surface area contributed by atoms with Crippen LogP contribution in [0.4, 0.5) is 4.39 Å². The van der Waals surface area contributed by atoms with Gasteiger partial charge in [0.25, 0.3) is 11.4 Å².